The molecule has 108 valence electrons. The molecule has 0 aromatic carbocycles. The molecule has 6 heteroatoms. The molecule has 1 aliphatic heterocycles. The zero-order valence-corrected chi connectivity index (χ0v) is 12.2. The molecule has 1 aliphatic rings. The largest absolute Gasteiger partial charge is 0.374 e. The summed E-state index contributed by atoms with van der Waals surface area (Å²) in [6, 6.07) is 0.602. The average Bonchev–Trinajstić information content (AvgIpc) is 2.81. The Morgan fingerprint density at radius 1 is 1.53 bits per heavy atom. The maximum atomic E-state index is 5.78. The Bertz CT molecular complexity index is 379. The van der Waals surface area contributed by atoms with E-state index in [1.807, 2.05) is 11.6 Å². The maximum Gasteiger partial charge on any atom is 0.133 e. The van der Waals surface area contributed by atoms with E-state index in [2.05, 4.69) is 34.3 Å². The lowest BCUT2D eigenvalue weighted by molar-refractivity contribution is -0.0370. The second-order valence-corrected chi connectivity index (χ2v) is 5.39. The van der Waals surface area contributed by atoms with E-state index in [0.717, 1.165) is 45.0 Å². The van der Waals surface area contributed by atoms with Gasteiger partial charge in [-0.1, -0.05) is 0 Å². The van der Waals surface area contributed by atoms with Crippen LogP contribution < -0.4 is 5.32 Å². The topological polar surface area (TPSA) is 55.2 Å². The van der Waals surface area contributed by atoms with Crippen LogP contribution in [0, 0.1) is 0 Å². The fourth-order valence-electron chi connectivity index (χ4n) is 2.33. The third kappa shape index (κ3) is 4.26. The highest BCUT2D eigenvalue weighted by molar-refractivity contribution is 4.85. The second kappa shape index (κ2) is 6.98. The normalized spacial score (nSPS) is 21.2. The minimum absolute atomic E-state index is 0.302. The van der Waals surface area contributed by atoms with E-state index in [-0.39, 0.29) is 0 Å². The van der Waals surface area contributed by atoms with Gasteiger partial charge in [0.15, 0.2) is 0 Å². The lowest BCUT2D eigenvalue weighted by Gasteiger charge is -2.35. The van der Waals surface area contributed by atoms with Gasteiger partial charge >= 0.3 is 0 Å². The summed E-state index contributed by atoms with van der Waals surface area (Å²) in [5.41, 5.74) is 0. The molecular formula is C13H25N5O. The minimum Gasteiger partial charge on any atom is -0.374 e. The van der Waals surface area contributed by atoms with Gasteiger partial charge in [-0.2, -0.15) is 0 Å². The highest BCUT2D eigenvalue weighted by atomic mass is 16.5. The van der Waals surface area contributed by atoms with E-state index in [0.29, 0.717) is 12.1 Å². The Kier molecular flexibility index (Phi) is 5.30. The number of nitrogens with zero attached hydrogens (tertiary/aromatic N) is 4. The molecule has 0 saturated carbocycles. The van der Waals surface area contributed by atoms with Gasteiger partial charge in [0.1, 0.15) is 12.2 Å². The third-order valence-corrected chi connectivity index (χ3v) is 3.60. The highest BCUT2D eigenvalue weighted by Gasteiger charge is 2.21. The van der Waals surface area contributed by atoms with Crippen LogP contribution in [0.15, 0.2) is 6.33 Å². The Balaban J connectivity index is 1.64. The van der Waals surface area contributed by atoms with Gasteiger partial charge in [0.2, 0.25) is 0 Å². The van der Waals surface area contributed by atoms with E-state index in [1.165, 1.54) is 0 Å². The quantitative estimate of drug-likeness (QED) is 0.739. The van der Waals surface area contributed by atoms with Crippen molar-refractivity contribution < 1.29 is 4.74 Å². The first-order valence-electron chi connectivity index (χ1n) is 7.06. The summed E-state index contributed by atoms with van der Waals surface area (Å²) >= 11 is 0. The maximum absolute atomic E-state index is 5.78. The summed E-state index contributed by atoms with van der Waals surface area (Å²) in [5.74, 6) is 1.01. The molecule has 1 aromatic heterocycles. The van der Waals surface area contributed by atoms with Gasteiger partial charge in [0, 0.05) is 45.7 Å². The van der Waals surface area contributed by atoms with Crippen molar-refractivity contribution in [2.24, 2.45) is 7.05 Å². The van der Waals surface area contributed by atoms with Crippen molar-refractivity contribution in [3.05, 3.63) is 12.2 Å². The molecule has 1 fully saturated rings. The van der Waals surface area contributed by atoms with E-state index < -0.39 is 0 Å². The van der Waals surface area contributed by atoms with E-state index in [4.69, 9.17) is 4.74 Å². The first kappa shape index (κ1) is 14.4. The minimum atomic E-state index is 0.302. The molecule has 1 unspecified atom stereocenters. The van der Waals surface area contributed by atoms with Crippen LogP contribution in [0.3, 0.4) is 0 Å². The lowest BCUT2D eigenvalue weighted by Crippen LogP contribution is -2.49. The molecule has 1 aromatic rings. The van der Waals surface area contributed by atoms with Crippen molar-refractivity contribution in [3.63, 3.8) is 0 Å². The number of aromatic nitrogens is 3. The lowest BCUT2D eigenvalue weighted by atomic mass is 10.2. The number of aryl methyl sites for hydroxylation is 1. The number of nitrogens with one attached hydrogen (secondary N) is 1. The summed E-state index contributed by atoms with van der Waals surface area (Å²) in [4.78, 5) is 2.47. The number of rotatable bonds is 6. The van der Waals surface area contributed by atoms with Crippen LogP contribution in [-0.2, 0) is 18.2 Å². The van der Waals surface area contributed by atoms with Gasteiger partial charge in [-0.15, -0.1) is 10.2 Å². The predicted octanol–water partition coefficient (Wildman–Crippen LogP) is 0.0564. The van der Waals surface area contributed by atoms with E-state index >= 15 is 0 Å². The van der Waals surface area contributed by atoms with Gasteiger partial charge < -0.3 is 14.6 Å². The molecule has 1 N–H and O–H groups in total. The Labute approximate surface area is 115 Å². The standard InChI is InChI=1S/C13H25N5O/c1-11(2)18-6-7-19-12(9-18)8-14-5-4-13-16-15-10-17(13)3/h10-12,14H,4-9H2,1-3H3. The fourth-order valence-corrected chi connectivity index (χ4v) is 2.33. The Morgan fingerprint density at radius 3 is 3.05 bits per heavy atom. The van der Waals surface area contributed by atoms with E-state index in [9.17, 15) is 0 Å². The number of hydrogen-bond donors (Lipinski definition) is 1. The van der Waals surface area contributed by atoms with Crippen molar-refractivity contribution in [2.45, 2.75) is 32.4 Å². The van der Waals surface area contributed by atoms with Crippen LogP contribution in [0.25, 0.3) is 0 Å². The predicted molar refractivity (Wildman–Crippen MR) is 74.0 cm³/mol. The summed E-state index contributed by atoms with van der Waals surface area (Å²) < 4.78 is 7.74. The smallest absolute Gasteiger partial charge is 0.133 e. The van der Waals surface area contributed by atoms with Crippen LogP contribution in [0.4, 0.5) is 0 Å². The molecule has 19 heavy (non-hydrogen) atoms. The third-order valence-electron chi connectivity index (χ3n) is 3.60. The van der Waals surface area contributed by atoms with Crippen molar-refractivity contribution in [1.82, 2.24) is 25.0 Å². The molecule has 0 aliphatic carbocycles. The van der Waals surface area contributed by atoms with Gasteiger partial charge in [0.05, 0.1) is 12.7 Å². The molecule has 1 atom stereocenters. The zero-order chi connectivity index (χ0) is 13.7. The van der Waals surface area contributed by atoms with Crippen molar-refractivity contribution in [1.29, 1.82) is 0 Å². The van der Waals surface area contributed by atoms with Crippen LogP contribution in [0.1, 0.15) is 19.7 Å². The summed E-state index contributed by atoms with van der Waals surface area (Å²) in [6.07, 6.45) is 2.94. The van der Waals surface area contributed by atoms with Gasteiger partial charge in [-0.3, -0.25) is 4.90 Å². The highest BCUT2D eigenvalue weighted by Crippen LogP contribution is 2.07. The van der Waals surface area contributed by atoms with Crippen molar-refractivity contribution in [3.8, 4) is 0 Å². The van der Waals surface area contributed by atoms with Gasteiger partial charge in [-0.25, -0.2) is 0 Å². The first-order valence-corrected chi connectivity index (χ1v) is 7.06. The molecule has 2 heterocycles. The second-order valence-electron chi connectivity index (χ2n) is 5.39. The molecule has 0 amide bonds. The Hall–Kier alpha value is -0.980. The number of ether oxygens (including phenoxy) is 1. The average molecular weight is 267 g/mol. The van der Waals surface area contributed by atoms with Crippen molar-refractivity contribution >= 4 is 0 Å². The van der Waals surface area contributed by atoms with Gasteiger partial charge in [-0.05, 0) is 13.8 Å². The summed E-state index contributed by atoms with van der Waals surface area (Å²) in [6.45, 7) is 9.21. The molecule has 0 bridgehead atoms. The zero-order valence-electron chi connectivity index (χ0n) is 12.2. The van der Waals surface area contributed by atoms with Crippen LogP contribution >= 0.6 is 0 Å². The number of hydrogen-bond acceptors (Lipinski definition) is 5. The molecule has 6 nitrogen and oxygen atoms in total. The summed E-state index contributed by atoms with van der Waals surface area (Å²) in [5, 5.41) is 11.4. The van der Waals surface area contributed by atoms with Crippen LogP contribution in [0.2, 0.25) is 0 Å². The summed E-state index contributed by atoms with van der Waals surface area (Å²) in [7, 11) is 1.97. The fraction of sp³-hybridized carbons (Fsp3) is 0.846. The van der Waals surface area contributed by atoms with E-state index in [1.54, 1.807) is 6.33 Å². The molecule has 0 radical (unpaired) electrons. The molecular weight excluding hydrogens is 242 g/mol. The van der Waals surface area contributed by atoms with Crippen LogP contribution in [0.5, 0.6) is 0 Å². The molecule has 2 rings (SSSR count). The molecule has 0 spiro atoms. The van der Waals surface area contributed by atoms with Crippen LogP contribution in [-0.4, -0.2) is 64.6 Å². The first-order chi connectivity index (χ1) is 9.16. The Morgan fingerprint density at radius 2 is 2.37 bits per heavy atom. The number of morpholine rings is 1. The van der Waals surface area contributed by atoms with Crippen molar-refractivity contribution in [2.75, 3.05) is 32.8 Å². The SMILES string of the molecule is CC(C)N1CCOC(CNCCc2nncn2C)C1. The van der Waals surface area contributed by atoms with Gasteiger partial charge in [0.25, 0.3) is 0 Å². The monoisotopic (exact) mass is 267 g/mol. The molecule has 1 saturated heterocycles.